The smallest absolute Gasteiger partial charge is 0.148 e. The molecule has 0 saturated heterocycles. The highest BCUT2D eigenvalue weighted by Crippen LogP contribution is 2.23. The van der Waals surface area contributed by atoms with E-state index in [-0.39, 0.29) is 0 Å². The summed E-state index contributed by atoms with van der Waals surface area (Å²) in [6, 6.07) is 11.8. The van der Waals surface area contributed by atoms with Crippen LogP contribution in [0.25, 0.3) is 21.6 Å². The third kappa shape index (κ3) is 2.96. The first-order chi connectivity index (χ1) is 11.8. The van der Waals surface area contributed by atoms with Gasteiger partial charge in [-0.3, -0.25) is 4.98 Å². The van der Waals surface area contributed by atoms with Crippen LogP contribution < -0.4 is 5.32 Å². The first-order valence-corrected chi connectivity index (χ1v) is 8.49. The summed E-state index contributed by atoms with van der Waals surface area (Å²) < 4.78 is 0. The molecule has 4 rings (SSSR count). The second kappa shape index (κ2) is 6.33. The summed E-state index contributed by atoms with van der Waals surface area (Å²) in [6.07, 6.45) is 3.59. The summed E-state index contributed by atoms with van der Waals surface area (Å²) in [6.45, 7) is 2.58. The van der Waals surface area contributed by atoms with Gasteiger partial charge in [0.25, 0.3) is 0 Å². The number of nitrogens with one attached hydrogen (secondary N) is 1. The van der Waals surface area contributed by atoms with Crippen molar-refractivity contribution < 1.29 is 0 Å². The number of para-hydroxylation sites is 2. The van der Waals surface area contributed by atoms with Gasteiger partial charge in [-0.2, -0.15) is 0 Å². The van der Waals surface area contributed by atoms with Crippen molar-refractivity contribution in [2.75, 3.05) is 5.32 Å². The Labute approximate surface area is 143 Å². The third-order valence-corrected chi connectivity index (χ3v) is 4.58. The fraction of sp³-hybridized carbons (Fsp3) is 0.111. The normalized spacial score (nSPS) is 10.9. The molecule has 3 aromatic heterocycles. The van der Waals surface area contributed by atoms with Gasteiger partial charge < -0.3 is 5.32 Å². The Kier molecular flexibility index (Phi) is 3.88. The molecule has 4 aromatic rings. The molecule has 0 unspecified atom stereocenters. The van der Waals surface area contributed by atoms with E-state index in [1.807, 2.05) is 49.5 Å². The lowest BCUT2D eigenvalue weighted by Crippen LogP contribution is -2.05. The van der Waals surface area contributed by atoms with Crippen molar-refractivity contribution >= 4 is 28.2 Å². The van der Waals surface area contributed by atoms with Gasteiger partial charge in [-0.1, -0.05) is 12.1 Å². The molecule has 0 aliphatic heterocycles. The van der Waals surface area contributed by atoms with Crippen LogP contribution in [0.2, 0.25) is 0 Å². The highest BCUT2D eigenvalue weighted by molar-refractivity contribution is 7.13. The summed E-state index contributed by atoms with van der Waals surface area (Å²) in [7, 11) is 0. The lowest BCUT2D eigenvalue weighted by Gasteiger charge is -2.08. The molecule has 1 N–H and O–H groups in total. The maximum absolute atomic E-state index is 4.66. The molecule has 6 heteroatoms. The molecule has 24 heavy (non-hydrogen) atoms. The molecule has 5 nitrogen and oxygen atoms in total. The summed E-state index contributed by atoms with van der Waals surface area (Å²) in [4.78, 5) is 18.0. The number of nitrogens with zero attached hydrogens (tertiary/aromatic N) is 4. The largest absolute Gasteiger partial charge is 0.363 e. The van der Waals surface area contributed by atoms with Crippen LogP contribution in [0.5, 0.6) is 0 Å². The summed E-state index contributed by atoms with van der Waals surface area (Å²) in [5.74, 6) is 0.796. The Bertz CT molecular complexity index is 981. The Balaban J connectivity index is 1.53. The van der Waals surface area contributed by atoms with Crippen LogP contribution >= 0.6 is 11.3 Å². The van der Waals surface area contributed by atoms with E-state index in [2.05, 4.69) is 30.6 Å². The van der Waals surface area contributed by atoms with E-state index in [4.69, 9.17) is 0 Å². The first-order valence-electron chi connectivity index (χ1n) is 7.62. The fourth-order valence-corrected chi connectivity index (χ4v) is 3.25. The van der Waals surface area contributed by atoms with Crippen molar-refractivity contribution in [1.29, 1.82) is 0 Å². The van der Waals surface area contributed by atoms with E-state index >= 15 is 0 Å². The van der Waals surface area contributed by atoms with Gasteiger partial charge in [-0.05, 0) is 31.2 Å². The zero-order chi connectivity index (χ0) is 16.4. The number of aromatic nitrogens is 4. The van der Waals surface area contributed by atoms with Crippen molar-refractivity contribution in [3.05, 3.63) is 65.6 Å². The molecule has 3 heterocycles. The number of hydrogen-bond donors (Lipinski definition) is 1. The summed E-state index contributed by atoms with van der Waals surface area (Å²) in [5.41, 5.74) is 4.70. The topological polar surface area (TPSA) is 63.6 Å². The van der Waals surface area contributed by atoms with Crippen LogP contribution in [0.4, 0.5) is 5.82 Å². The molecule has 0 aliphatic carbocycles. The number of benzene rings is 1. The number of pyridine rings is 1. The van der Waals surface area contributed by atoms with Gasteiger partial charge in [0.15, 0.2) is 0 Å². The van der Waals surface area contributed by atoms with Crippen molar-refractivity contribution in [2.45, 2.75) is 13.5 Å². The van der Waals surface area contributed by atoms with E-state index in [1.165, 1.54) is 0 Å². The van der Waals surface area contributed by atoms with Gasteiger partial charge in [0.1, 0.15) is 10.8 Å². The van der Waals surface area contributed by atoms with Gasteiger partial charge in [0.2, 0.25) is 0 Å². The van der Waals surface area contributed by atoms with E-state index in [0.29, 0.717) is 6.54 Å². The SMILES string of the molecule is Cc1nc2ccccc2nc1NCc1csc(-c2cccnc2)n1. The Morgan fingerprint density at radius 3 is 2.62 bits per heavy atom. The van der Waals surface area contributed by atoms with Gasteiger partial charge in [0, 0.05) is 23.3 Å². The summed E-state index contributed by atoms with van der Waals surface area (Å²) in [5, 5.41) is 6.37. The number of hydrogen-bond acceptors (Lipinski definition) is 6. The molecule has 0 bridgehead atoms. The zero-order valence-electron chi connectivity index (χ0n) is 13.1. The lowest BCUT2D eigenvalue weighted by molar-refractivity contribution is 1.04. The second-order valence-electron chi connectivity index (χ2n) is 5.39. The molecule has 0 aliphatic rings. The van der Waals surface area contributed by atoms with Crippen LogP contribution in [0.15, 0.2) is 54.2 Å². The maximum atomic E-state index is 4.66. The molecule has 0 fully saturated rings. The molecule has 0 amide bonds. The number of anilines is 1. The monoisotopic (exact) mass is 333 g/mol. The highest BCUT2D eigenvalue weighted by Gasteiger charge is 2.07. The van der Waals surface area contributed by atoms with Crippen LogP contribution in [0, 0.1) is 6.92 Å². The van der Waals surface area contributed by atoms with Crippen molar-refractivity contribution in [1.82, 2.24) is 19.9 Å². The van der Waals surface area contributed by atoms with Crippen LogP contribution in [0.3, 0.4) is 0 Å². The standard InChI is InChI=1S/C18H15N5S/c1-12-17(23-16-7-3-2-6-15(16)21-12)20-10-14-11-24-18(22-14)13-5-4-8-19-9-13/h2-9,11H,10H2,1H3,(H,20,23). The zero-order valence-corrected chi connectivity index (χ0v) is 13.9. The molecule has 0 saturated carbocycles. The first kappa shape index (κ1) is 14.7. The average Bonchev–Trinajstić information content (AvgIpc) is 3.10. The quantitative estimate of drug-likeness (QED) is 0.610. The Morgan fingerprint density at radius 1 is 1.00 bits per heavy atom. The second-order valence-corrected chi connectivity index (χ2v) is 6.24. The van der Waals surface area contributed by atoms with E-state index in [1.54, 1.807) is 17.5 Å². The molecular formula is C18H15N5S. The molecule has 0 spiro atoms. The molecule has 0 radical (unpaired) electrons. The lowest BCUT2D eigenvalue weighted by atomic mass is 10.3. The number of fused-ring (bicyclic) bond motifs is 1. The van der Waals surface area contributed by atoms with Crippen molar-refractivity contribution in [3.8, 4) is 10.6 Å². The van der Waals surface area contributed by atoms with Gasteiger partial charge in [0.05, 0.1) is 29.0 Å². The number of thiazole rings is 1. The van der Waals surface area contributed by atoms with E-state index < -0.39 is 0 Å². The highest BCUT2D eigenvalue weighted by atomic mass is 32.1. The van der Waals surface area contributed by atoms with Crippen LogP contribution in [-0.2, 0) is 6.54 Å². The Hall–Kier alpha value is -2.86. The minimum atomic E-state index is 0.616. The van der Waals surface area contributed by atoms with E-state index in [0.717, 1.165) is 38.8 Å². The van der Waals surface area contributed by atoms with Gasteiger partial charge in [-0.15, -0.1) is 11.3 Å². The predicted octanol–water partition coefficient (Wildman–Crippen LogP) is 4.07. The number of rotatable bonds is 4. The molecule has 0 atom stereocenters. The third-order valence-electron chi connectivity index (χ3n) is 3.64. The van der Waals surface area contributed by atoms with E-state index in [9.17, 15) is 0 Å². The van der Waals surface area contributed by atoms with Crippen LogP contribution in [0.1, 0.15) is 11.4 Å². The average molecular weight is 333 g/mol. The Morgan fingerprint density at radius 2 is 1.83 bits per heavy atom. The molecule has 1 aromatic carbocycles. The maximum Gasteiger partial charge on any atom is 0.148 e. The van der Waals surface area contributed by atoms with Crippen molar-refractivity contribution in [2.24, 2.45) is 0 Å². The molecular weight excluding hydrogens is 318 g/mol. The minimum absolute atomic E-state index is 0.616. The van der Waals surface area contributed by atoms with Crippen LogP contribution in [-0.4, -0.2) is 19.9 Å². The summed E-state index contributed by atoms with van der Waals surface area (Å²) >= 11 is 1.62. The minimum Gasteiger partial charge on any atom is -0.363 e. The van der Waals surface area contributed by atoms with Gasteiger partial charge >= 0.3 is 0 Å². The number of aryl methyl sites for hydroxylation is 1. The van der Waals surface area contributed by atoms with Gasteiger partial charge in [-0.25, -0.2) is 15.0 Å². The fourth-order valence-electron chi connectivity index (χ4n) is 2.44. The van der Waals surface area contributed by atoms with Crippen molar-refractivity contribution in [3.63, 3.8) is 0 Å². The molecule has 118 valence electrons. The predicted molar refractivity (Wildman–Crippen MR) is 96.9 cm³/mol.